The Morgan fingerprint density at radius 1 is 1.08 bits per heavy atom. The van der Waals surface area contributed by atoms with Crippen LogP contribution < -0.4 is 9.62 Å². The van der Waals surface area contributed by atoms with Crippen molar-refractivity contribution in [3.05, 3.63) is 54.6 Å². The van der Waals surface area contributed by atoms with Crippen LogP contribution in [0.15, 0.2) is 59.5 Å². The molecule has 2 aromatic rings. The van der Waals surface area contributed by atoms with Crippen molar-refractivity contribution in [2.24, 2.45) is 0 Å². The van der Waals surface area contributed by atoms with Crippen LogP contribution >= 0.6 is 11.6 Å². The van der Waals surface area contributed by atoms with Gasteiger partial charge in [0.2, 0.25) is 5.91 Å². The minimum Gasteiger partial charge on any atom is -0.326 e. The first kappa shape index (κ1) is 18.3. The molecule has 0 aliphatic rings. The standard InChI is InChI=1S/C17H19ClN2O3S/c1-20(15-6-3-2-4-7-15)24(22,23)16-11-9-14(10-12-16)19-17(21)8-5-13-18/h2-4,6-7,9-12H,5,8,13H2,1H3,(H,19,21). The molecule has 0 bridgehead atoms. The molecule has 0 radical (unpaired) electrons. The average Bonchev–Trinajstić information content (AvgIpc) is 2.60. The number of carbonyl (C=O) groups is 1. The quantitative estimate of drug-likeness (QED) is 0.763. The van der Waals surface area contributed by atoms with Crippen LogP contribution in [0.4, 0.5) is 11.4 Å². The monoisotopic (exact) mass is 366 g/mol. The number of nitrogens with zero attached hydrogens (tertiary/aromatic N) is 1. The largest absolute Gasteiger partial charge is 0.326 e. The van der Waals surface area contributed by atoms with Crippen LogP contribution in [0.25, 0.3) is 0 Å². The van der Waals surface area contributed by atoms with Gasteiger partial charge in [-0.05, 0) is 42.8 Å². The lowest BCUT2D eigenvalue weighted by Gasteiger charge is -2.19. The maximum absolute atomic E-state index is 12.6. The Bertz CT molecular complexity index is 777. The molecule has 7 heteroatoms. The number of alkyl halides is 1. The first-order valence-electron chi connectivity index (χ1n) is 7.45. The summed E-state index contributed by atoms with van der Waals surface area (Å²) in [5.74, 6) is 0.281. The van der Waals surface area contributed by atoms with Crippen LogP contribution in [0.5, 0.6) is 0 Å². The SMILES string of the molecule is CN(c1ccccc1)S(=O)(=O)c1ccc(NC(=O)CCCCl)cc1. The number of hydrogen-bond acceptors (Lipinski definition) is 3. The first-order chi connectivity index (χ1) is 11.4. The van der Waals surface area contributed by atoms with Crippen LogP contribution in [0.3, 0.4) is 0 Å². The number of para-hydroxylation sites is 1. The number of nitrogens with one attached hydrogen (secondary N) is 1. The number of hydrogen-bond donors (Lipinski definition) is 1. The number of carbonyl (C=O) groups excluding carboxylic acids is 1. The highest BCUT2D eigenvalue weighted by Crippen LogP contribution is 2.22. The van der Waals surface area contributed by atoms with Crippen molar-refractivity contribution in [3.63, 3.8) is 0 Å². The third kappa shape index (κ3) is 4.49. The Hall–Kier alpha value is -2.05. The molecule has 24 heavy (non-hydrogen) atoms. The lowest BCUT2D eigenvalue weighted by atomic mass is 10.3. The molecular formula is C17H19ClN2O3S. The number of amides is 1. The van der Waals surface area contributed by atoms with Gasteiger partial charge in [-0.3, -0.25) is 9.10 Å². The fourth-order valence-electron chi connectivity index (χ4n) is 2.10. The van der Waals surface area contributed by atoms with Crippen LogP contribution in [-0.2, 0) is 14.8 Å². The molecule has 0 unspecified atom stereocenters. The van der Waals surface area contributed by atoms with Crippen molar-refractivity contribution in [2.45, 2.75) is 17.7 Å². The van der Waals surface area contributed by atoms with E-state index in [4.69, 9.17) is 11.6 Å². The van der Waals surface area contributed by atoms with E-state index in [1.54, 1.807) is 36.4 Å². The lowest BCUT2D eigenvalue weighted by Crippen LogP contribution is -2.26. The highest BCUT2D eigenvalue weighted by molar-refractivity contribution is 7.92. The fourth-order valence-corrected chi connectivity index (χ4v) is 3.43. The number of sulfonamides is 1. The highest BCUT2D eigenvalue weighted by Gasteiger charge is 2.21. The van der Waals surface area contributed by atoms with Gasteiger partial charge in [-0.1, -0.05) is 18.2 Å². The van der Waals surface area contributed by atoms with E-state index in [0.717, 1.165) is 0 Å². The van der Waals surface area contributed by atoms with Crippen molar-refractivity contribution < 1.29 is 13.2 Å². The van der Waals surface area contributed by atoms with Gasteiger partial charge >= 0.3 is 0 Å². The fraction of sp³-hybridized carbons (Fsp3) is 0.235. The normalized spacial score (nSPS) is 11.1. The summed E-state index contributed by atoms with van der Waals surface area (Å²) in [6, 6.07) is 14.9. The van der Waals surface area contributed by atoms with Crippen LogP contribution in [0.1, 0.15) is 12.8 Å². The summed E-state index contributed by atoms with van der Waals surface area (Å²) in [6.45, 7) is 0. The molecular weight excluding hydrogens is 348 g/mol. The molecule has 0 aromatic heterocycles. The Kier molecular flexibility index (Phi) is 6.23. The average molecular weight is 367 g/mol. The molecule has 0 spiro atoms. The number of benzene rings is 2. The third-order valence-electron chi connectivity index (χ3n) is 3.45. The lowest BCUT2D eigenvalue weighted by molar-refractivity contribution is -0.116. The van der Waals surface area contributed by atoms with E-state index in [9.17, 15) is 13.2 Å². The van der Waals surface area contributed by atoms with E-state index in [-0.39, 0.29) is 10.8 Å². The molecule has 0 aliphatic carbocycles. The van der Waals surface area contributed by atoms with Crippen LogP contribution in [-0.4, -0.2) is 27.3 Å². The van der Waals surface area contributed by atoms with Gasteiger partial charge in [0.05, 0.1) is 10.6 Å². The van der Waals surface area contributed by atoms with E-state index in [2.05, 4.69) is 5.32 Å². The summed E-state index contributed by atoms with van der Waals surface area (Å²) in [4.78, 5) is 11.8. The predicted octanol–water partition coefficient (Wildman–Crippen LogP) is 3.47. The Morgan fingerprint density at radius 3 is 2.29 bits per heavy atom. The van der Waals surface area contributed by atoms with E-state index < -0.39 is 10.0 Å². The van der Waals surface area contributed by atoms with Gasteiger partial charge < -0.3 is 5.32 Å². The summed E-state index contributed by atoms with van der Waals surface area (Å²) in [7, 11) is -2.14. The molecule has 5 nitrogen and oxygen atoms in total. The summed E-state index contributed by atoms with van der Waals surface area (Å²) < 4.78 is 26.5. The van der Waals surface area contributed by atoms with Crippen molar-refractivity contribution in [2.75, 3.05) is 22.5 Å². The molecule has 1 N–H and O–H groups in total. The van der Waals surface area contributed by atoms with E-state index >= 15 is 0 Å². The first-order valence-corrected chi connectivity index (χ1v) is 9.42. The molecule has 2 rings (SSSR count). The topological polar surface area (TPSA) is 66.5 Å². The van der Waals surface area contributed by atoms with Gasteiger partial charge in [-0.2, -0.15) is 0 Å². The molecule has 0 aliphatic heterocycles. The smallest absolute Gasteiger partial charge is 0.264 e. The van der Waals surface area contributed by atoms with Gasteiger partial charge in [0, 0.05) is 25.0 Å². The van der Waals surface area contributed by atoms with Crippen molar-refractivity contribution in [1.82, 2.24) is 0 Å². The molecule has 1 amide bonds. The molecule has 128 valence electrons. The summed E-state index contributed by atoms with van der Waals surface area (Å²) in [6.07, 6.45) is 0.933. The van der Waals surface area contributed by atoms with Gasteiger partial charge in [-0.25, -0.2) is 8.42 Å². The van der Waals surface area contributed by atoms with Gasteiger partial charge in [0.1, 0.15) is 0 Å². The second kappa shape index (κ2) is 8.17. The zero-order valence-corrected chi connectivity index (χ0v) is 14.8. The van der Waals surface area contributed by atoms with Crippen molar-refractivity contribution in [3.8, 4) is 0 Å². The Morgan fingerprint density at radius 2 is 1.71 bits per heavy atom. The molecule has 0 atom stereocenters. The van der Waals surface area contributed by atoms with Gasteiger partial charge in [-0.15, -0.1) is 11.6 Å². The second-order valence-corrected chi connectivity index (χ2v) is 7.52. The summed E-state index contributed by atoms with van der Waals surface area (Å²) in [5.41, 5.74) is 1.13. The Balaban J connectivity index is 2.13. The number of rotatable bonds is 7. The van der Waals surface area contributed by atoms with E-state index in [1.165, 1.54) is 23.5 Å². The maximum Gasteiger partial charge on any atom is 0.264 e. The summed E-state index contributed by atoms with van der Waals surface area (Å²) >= 11 is 5.55. The van der Waals surface area contributed by atoms with E-state index in [1.807, 2.05) is 6.07 Å². The Labute approximate surface area is 147 Å². The van der Waals surface area contributed by atoms with Crippen molar-refractivity contribution >= 4 is 38.9 Å². The van der Waals surface area contributed by atoms with E-state index in [0.29, 0.717) is 30.1 Å². The molecule has 0 fully saturated rings. The third-order valence-corrected chi connectivity index (χ3v) is 5.52. The molecule has 0 heterocycles. The molecule has 0 saturated heterocycles. The van der Waals surface area contributed by atoms with Crippen molar-refractivity contribution in [1.29, 1.82) is 0 Å². The zero-order valence-electron chi connectivity index (χ0n) is 13.3. The summed E-state index contributed by atoms with van der Waals surface area (Å²) in [5, 5.41) is 2.71. The van der Waals surface area contributed by atoms with Crippen LogP contribution in [0.2, 0.25) is 0 Å². The molecule has 2 aromatic carbocycles. The highest BCUT2D eigenvalue weighted by atomic mass is 35.5. The minimum absolute atomic E-state index is 0.146. The maximum atomic E-state index is 12.6. The van der Waals surface area contributed by atoms with Crippen LogP contribution in [0, 0.1) is 0 Å². The molecule has 0 saturated carbocycles. The zero-order chi connectivity index (χ0) is 17.6. The predicted molar refractivity (Wildman–Crippen MR) is 97.1 cm³/mol. The number of halogens is 1. The van der Waals surface area contributed by atoms with Gasteiger partial charge in [0.15, 0.2) is 0 Å². The second-order valence-electron chi connectivity index (χ2n) is 5.17. The van der Waals surface area contributed by atoms with Gasteiger partial charge in [0.25, 0.3) is 10.0 Å². The number of anilines is 2. The minimum atomic E-state index is -3.65.